The van der Waals surface area contributed by atoms with Crippen molar-refractivity contribution >= 4 is 40.5 Å². The zero-order valence-corrected chi connectivity index (χ0v) is 19.2. The molecule has 3 nitrogen and oxygen atoms in total. The van der Waals surface area contributed by atoms with E-state index in [9.17, 15) is 5.11 Å². The molecule has 0 saturated carbocycles. The maximum atomic E-state index is 11.0. The van der Waals surface area contributed by atoms with Crippen LogP contribution in [0.1, 0.15) is 28.8 Å². The average Bonchev–Trinajstić information content (AvgIpc) is 3.11. The van der Waals surface area contributed by atoms with Gasteiger partial charge in [0.2, 0.25) is 0 Å². The summed E-state index contributed by atoms with van der Waals surface area (Å²) in [4.78, 5) is 4.76. The third-order valence-corrected chi connectivity index (χ3v) is 7.31. The minimum atomic E-state index is -0.465. The molecule has 2 unspecified atom stereocenters. The van der Waals surface area contributed by atoms with Gasteiger partial charge in [-0.3, -0.25) is 4.90 Å². The molecule has 5 rings (SSSR count). The molecule has 0 amide bonds. The van der Waals surface area contributed by atoms with Crippen LogP contribution in [0.3, 0.4) is 0 Å². The number of hydrogen-bond donors (Lipinski definition) is 1. The number of hydrogen-bond acceptors (Lipinski definition) is 3. The van der Waals surface area contributed by atoms with Crippen LogP contribution >= 0.6 is 34.8 Å². The van der Waals surface area contributed by atoms with Gasteiger partial charge in [-0.25, -0.2) is 0 Å². The third-order valence-electron chi connectivity index (χ3n) is 6.52. The first-order chi connectivity index (χ1) is 15.0. The third kappa shape index (κ3) is 4.06. The molecule has 1 aliphatic carbocycles. The average molecular weight is 474 g/mol. The molecule has 3 aromatic rings. The van der Waals surface area contributed by atoms with Gasteiger partial charge in [0.05, 0.1) is 22.9 Å². The van der Waals surface area contributed by atoms with Crippen molar-refractivity contribution < 1.29 is 5.11 Å². The fourth-order valence-corrected chi connectivity index (χ4v) is 5.60. The standard InChI is InChI=1S/C25H23Cl3N2O/c26-18-7-5-16(6-8-18)24-15-29(23-13-17-3-1-2-4-20(17)25(23)31)11-12-30(24)22-10-9-19(27)14-21(22)28/h1-10,14,23-25,31H,11-13,15H2/t23?,24-,25?/m0/s1. The van der Waals surface area contributed by atoms with Gasteiger partial charge in [-0.05, 0) is 53.4 Å². The summed E-state index contributed by atoms with van der Waals surface area (Å²) in [7, 11) is 0. The van der Waals surface area contributed by atoms with Crippen LogP contribution < -0.4 is 4.90 Å². The lowest BCUT2D eigenvalue weighted by Crippen LogP contribution is -2.53. The van der Waals surface area contributed by atoms with E-state index in [-0.39, 0.29) is 12.1 Å². The minimum Gasteiger partial charge on any atom is -0.387 e. The van der Waals surface area contributed by atoms with E-state index in [1.165, 1.54) is 11.1 Å². The van der Waals surface area contributed by atoms with Crippen LogP contribution in [0.15, 0.2) is 66.7 Å². The Morgan fingerprint density at radius 3 is 2.32 bits per heavy atom. The number of benzene rings is 3. The first kappa shape index (κ1) is 21.1. The quantitative estimate of drug-likeness (QED) is 0.493. The van der Waals surface area contributed by atoms with Crippen LogP contribution in [0.25, 0.3) is 0 Å². The Morgan fingerprint density at radius 2 is 1.58 bits per heavy atom. The molecule has 1 saturated heterocycles. The van der Waals surface area contributed by atoms with Gasteiger partial charge in [-0.1, -0.05) is 71.2 Å². The fourth-order valence-electron chi connectivity index (χ4n) is 4.96. The molecule has 31 heavy (non-hydrogen) atoms. The SMILES string of the molecule is OC1c2ccccc2CC1N1CCN(c2ccc(Cl)cc2Cl)[C@H](c2ccc(Cl)cc2)C1. The highest BCUT2D eigenvalue weighted by Crippen LogP contribution is 2.40. The zero-order valence-electron chi connectivity index (χ0n) is 16.9. The van der Waals surface area contributed by atoms with E-state index in [2.05, 4.69) is 28.0 Å². The predicted molar refractivity (Wildman–Crippen MR) is 128 cm³/mol. The highest BCUT2D eigenvalue weighted by molar-refractivity contribution is 6.36. The summed E-state index contributed by atoms with van der Waals surface area (Å²) in [6, 6.07) is 22.0. The Kier molecular flexibility index (Phi) is 5.89. The fraction of sp³-hybridized carbons (Fsp3) is 0.280. The number of fused-ring (bicyclic) bond motifs is 1. The molecular weight excluding hydrogens is 451 g/mol. The van der Waals surface area contributed by atoms with Crippen molar-refractivity contribution in [3.63, 3.8) is 0 Å². The lowest BCUT2D eigenvalue weighted by molar-refractivity contribution is 0.0487. The van der Waals surface area contributed by atoms with E-state index in [4.69, 9.17) is 34.8 Å². The Balaban J connectivity index is 1.47. The van der Waals surface area contributed by atoms with Gasteiger partial charge in [-0.2, -0.15) is 0 Å². The molecule has 2 aliphatic rings. The lowest BCUT2D eigenvalue weighted by Gasteiger charge is -2.46. The predicted octanol–water partition coefficient (Wildman–Crippen LogP) is 6.17. The molecule has 1 heterocycles. The number of nitrogens with zero attached hydrogens (tertiary/aromatic N) is 2. The number of piperazine rings is 1. The molecule has 3 atom stereocenters. The Hall–Kier alpha value is -1.75. The Labute approximate surface area is 197 Å². The summed E-state index contributed by atoms with van der Waals surface area (Å²) in [5.41, 5.74) is 4.44. The maximum absolute atomic E-state index is 11.0. The van der Waals surface area contributed by atoms with Crippen LogP contribution in [-0.2, 0) is 6.42 Å². The maximum Gasteiger partial charge on any atom is 0.0951 e. The summed E-state index contributed by atoms with van der Waals surface area (Å²) in [5.74, 6) is 0. The zero-order chi connectivity index (χ0) is 21.5. The summed E-state index contributed by atoms with van der Waals surface area (Å²) in [6.07, 6.45) is 0.402. The molecule has 160 valence electrons. The van der Waals surface area contributed by atoms with Crippen LogP contribution in [-0.4, -0.2) is 35.7 Å². The minimum absolute atomic E-state index is 0.0787. The summed E-state index contributed by atoms with van der Waals surface area (Å²) in [5, 5.41) is 13.0. The summed E-state index contributed by atoms with van der Waals surface area (Å²) in [6.45, 7) is 2.43. The van der Waals surface area contributed by atoms with Gasteiger partial charge in [-0.15, -0.1) is 0 Å². The number of aliphatic hydroxyl groups is 1. The number of anilines is 1. The molecular formula is C25H23Cl3N2O. The van der Waals surface area contributed by atoms with Gasteiger partial charge in [0.15, 0.2) is 0 Å². The lowest BCUT2D eigenvalue weighted by atomic mass is 9.99. The number of rotatable bonds is 3. The van der Waals surface area contributed by atoms with Gasteiger partial charge in [0, 0.05) is 35.7 Å². The Bertz CT molecular complexity index is 1090. The van der Waals surface area contributed by atoms with Crippen LogP contribution in [0, 0.1) is 0 Å². The molecule has 0 radical (unpaired) electrons. The van der Waals surface area contributed by atoms with E-state index in [0.717, 1.165) is 37.3 Å². The van der Waals surface area contributed by atoms with Crippen molar-refractivity contribution in [2.24, 2.45) is 0 Å². The van der Waals surface area contributed by atoms with E-state index >= 15 is 0 Å². The van der Waals surface area contributed by atoms with Gasteiger partial charge < -0.3 is 10.0 Å². The van der Waals surface area contributed by atoms with E-state index in [1.807, 2.05) is 42.5 Å². The van der Waals surface area contributed by atoms with E-state index in [0.29, 0.717) is 15.1 Å². The second-order valence-corrected chi connectivity index (χ2v) is 9.55. The highest BCUT2D eigenvalue weighted by Gasteiger charge is 2.39. The Morgan fingerprint density at radius 1 is 0.839 bits per heavy atom. The first-order valence-corrected chi connectivity index (χ1v) is 11.6. The molecule has 1 aliphatic heterocycles. The van der Waals surface area contributed by atoms with Gasteiger partial charge >= 0.3 is 0 Å². The first-order valence-electron chi connectivity index (χ1n) is 10.5. The van der Waals surface area contributed by atoms with E-state index in [1.54, 1.807) is 6.07 Å². The van der Waals surface area contributed by atoms with Crippen LogP contribution in [0.5, 0.6) is 0 Å². The van der Waals surface area contributed by atoms with Crippen LogP contribution in [0.2, 0.25) is 15.1 Å². The van der Waals surface area contributed by atoms with Crippen molar-refractivity contribution in [3.05, 3.63) is 98.5 Å². The van der Waals surface area contributed by atoms with Crippen molar-refractivity contribution in [2.45, 2.75) is 24.6 Å². The van der Waals surface area contributed by atoms with Crippen molar-refractivity contribution in [1.29, 1.82) is 0 Å². The van der Waals surface area contributed by atoms with Crippen molar-refractivity contribution in [2.75, 3.05) is 24.5 Å². The molecule has 1 N–H and O–H groups in total. The molecule has 6 heteroatoms. The molecule has 1 fully saturated rings. The molecule has 0 spiro atoms. The van der Waals surface area contributed by atoms with Crippen molar-refractivity contribution in [3.8, 4) is 0 Å². The smallest absolute Gasteiger partial charge is 0.0951 e. The number of halogens is 3. The van der Waals surface area contributed by atoms with Gasteiger partial charge in [0.1, 0.15) is 0 Å². The summed E-state index contributed by atoms with van der Waals surface area (Å²) < 4.78 is 0. The van der Waals surface area contributed by atoms with Crippen LogP contribution in [0.4, 0.5) is 5.69 Å². The van der Waals surface area contributed by atoms with Gasteiger partial charge in [0.25, 0.3) is 0 Å². The normalized spacial score (nSPS) is 23.7. The molecule has 3 aromatic carbocycles. The molecule has 0 bridgehead atoms. The number of aliphatic hydroxyl groups excluding tert-OH is 1. The largest absolute Gasteiger partial charge is 0.387 e. The summed E-state index contributed by atoms with van der Waals surface area (Å²) >= 11 is 18.9. The topological polar surface area (TPSA) is 26.7 Å². The highest BCUT2D eigenvalue weighted by atomic mass is 35.5. The second kappa shape index (κ2) is 8.65. The second-order valence-electron chi connectivity index (χ2n) is 8.27. The van der Waals surface area contributed by atoms with E-state index < -0.39 is 6.10 Å². The van der Waals surface area contributed by atoms with Crippen molar-refractivity contribution in [1.82, 2.24) is 4.90 Å². The molecule has 0 aromatic heterocycles. The monoisotopic (exact) mass is 472 g/mol.